The van der Waals surface area contributed by atoms with Gasteiger partial charge in [0.15, 0.2) is 6.29 Å². The van der Waals surface area contributed by atoms with Crippen molar-refractivity contribution < 1.29 is 38.4 Å². The monoisotopic (exact) mass is 632 g/mol. The third kappa shape index (κ3) is 11.2. The van der Waals surface area contributed by atoms with E-state index in [1.807, 2.05) is 36.4 Å². The van der Waals surface area contributed by atoms with Crippen molar-refractivity contribution in [3.05, 3.63) is 96.1 Å². The molecular formula is C38H48O8. The third-order valence-electron chi connectivity index (χ3n) is 9.20. The highest BCUT2D eigenvalue weighted by Crippen LogP contribution is 2.40. The Kier molecular flexibility index (Phi) is 14.1. The van der Waals surface area contributed by atoms with Crippen molar-refractivity contribution in [3.8, 4) is 0 Å². The molecule has 4 rings (SSSR count). The van der Waals surface area contributed by atoms with Gasteiger partial charge in [-0.05, 0) is 112 Å². The molecular weight excluding hydrogens is 584 g/mol. The first-order chi connectivity index (χ1) is 22.3. The van der Waals surface area contributed by atoms with Crippen LogP contribution in [0.15, 0.2) is 73.8 Å². The number of hydrogen-bond acceptors (Lipinski definition) is 8. The van der Waals surface area contributed by atoms with E-state index in [0.717, 1.165) is 99.5 Å². The normalized spacial score (nSPS) is 21.8. The van der Waals surface area contributed by atoms with Gasteiger partial charge in [0.1, 0.15) is 6.10 Å². The number of benzene rings is 2. The lowest BCUT2D eigenvalue weighted by Gasteiger charge is -2.38. The second-order valence-electron chi connectivity index (χ2n) is 12.4. The Morgan fingerprint density at radius 3 is 1.63 bits per heavy atom. The molecule has 8 heteroatoms. The van der Waals surface area contributed by atoms with Gasteiger partial charge in [-0.3, -0.25) is 0 Å². The maximum absolute atomic E-state index is 12.8. The fourth-order valence-corrected chi connectivity index (χ4v) is 6.53. The summed E-state index contributed by atoms with van der Waals surface area (Å²) in [6, 6.07) is 15.2. The minimum atomic E-state index is -0.945. The average Bonchev–Trinajstić information content (AvgIpc) is 3.09. The van der Waals surface area contributed by atoms with Crippen molar-refractivity contribution in [1.29, 1.82) is 0 Å². The molecule has 0 saturated heterocycles. The van der Waals surface area contributed by atoms with Crippen molar-refractivity contribution in [2.45, 2.75) is 95.5 Å². The molecule has 0 aliphatic heterocycles. The molecule has 46 heavy (non-hydrogen) atoms. The van der Waals surface area contributed by atoms with E-state index < -0.39 is 18.2 Å². The highest BCUT2D eigenvalue weighted by molar-refractivity contribution is 5.89. The predicted octanol–water partition coefficient (Wildman–Crippen LogP) is 6.99. The van der Waals surface area contributed by atoms with Crippen LogP contribution < -0.4 is 0 Å². The first kappa shape index (κ1) is 35.1. The van der Waals surface area contributed by atoms with E-state index in [2.05, 4.69) is 13.2 Å². The molecule has 0 aromatic heterocycles. The van der Waals surface area contributed by atoms with Gasteiger partial charge in [0.25, 0.3) is 0 Å². The van der Waals surface area contributed by atoms with Gasteiger partial charge >= 0.3 is 17.9 Å². The minimum Gasteiger partial charge on any atom is -0.463 e. The summed E-state index contributed by atoms with van der Waals surface area (Å²) in [6.45, 7) is 7.47. The van der Waals surface area contributed by atoms with Gasteiger partial charge in [0.2, 0.25) is 0 Å². The Balaban J connectivity index is 1.10. The fraction of sp³-hybridized carbons (Fsp3) is 0.500. The predicted molar refractivity (Wildman–Crippen MR) is 175 cm³/mol. The Hall–Kier alpha value is -3.75. The molecule has 0 bridgehead atoms. The summed E-state index contributed by atoms with van der Waals surface area (Å²) in [4.78, 5) is 35.0. The first-order valence-electron chi connectivity index (χ1n) is 16.6. The van der Waals surface area contributed by atoms with E-state index in [1.165, 1.54) is 0 Å². The zero-order chi connectivity index (χ0) is 32.7. The Bertz CT molecular complexity index is 1270. The molecule has 0 heterocycles. The second-order valence-corrected chi connectivity index (χ2v) is 12.4. The smallest absolute Gasteiger partial charge is 0.338 e. The molecule has 2 fully saturated rings. The topological polar surface area (TPSA) is 108 Å². The molecule has 2 aliphatic carbocycles. The summed E-state index contributed by atoms with van der Waals surface area (Å²) in [5.74, 6) is 0.188. The Morgan fingerprint density at radius 2 is 1.15 bits per heavy atom. The highest BCUT2D eigenvalue weighted by atomic mass is 16.6. The summed E-state index contributed by atoms with van der Waals surface area (Å²) in [7, 11) is 0. The number of aryl methyl sites for hydroxylation is 2. The SMILES string of the molecule is C=CC(=O)OCCCc1ccc(C(=O)OC2CCC(C3CCC(OC(O)c4ccc(CCCOC(=O)C=C)cc4)CC3)CC2)cc1. The number of aliphatic hydroxyl groups excluding tert-OH is 1. The summed E-state index contributed by atoms with van der Waals surface area (Å²) >= 11 is 0. The van der Waals surface area contributed by atoms with E-state index in [1.54, 1.807) is 12.1 Å². The van der Waals surface area contributed by atoms with Crippen molar-refractivity contribution in [1.82, 2.24) is 0 Å². The lowest BCUT2D eigenvalue weighted by atomic mass is 9.72. The van der Waals surface area contributed by atoms with Crippen molar-refractivity contribution in [3.63, 3.8) is 0 Å². The highest BCUT2D eigenvalue weighted by Gasteiger charge is 2.33. The van der Waals surface area contributed by atoms with Crippen LogP contribution in [0.25, 0.3) is 0 Å². The third-order valence-corrected chi connectivity index (χ3v) is 9.20. The molecule has 2 aromatic carbocycles. The zero-order valence-corrected chi connectivity index (χ0v) is 26.8. The van der Waals surface area contributed by atoms with Crippen LogP contribution in [0.5, 0.6) is 0 Å². The first-order valence-corrected chi connectivity index (χ1v) is 16.6. The molecule has 2 aliphatic rings. The Morgan fingerprint density at radius 1 is 0.696 bits per heavy atom. The fourth-order valence-electron chi connectivity index (χ4n) is 6.53. The standard InChI is InChI=1S/C38H48O8/c1-3-35(39)43-25-5-7-27-9-13-31(14-10-27)37(41)45-33-21-17-29(18-22-33)30-19-23-34(24-20-30)46-38(42)32-15-11-28(12-16-32)8-6-26-44-36(40)4-2/h3-4,9-16,29-30,33-34,37,41H,1-2,5-8,17-26H2. The molecule has 0 radical (unpaired) electrons. The summed E-state index contributed by atoms with van der Waals surface area (Å²) in [5.41, 5.74) is 3.50. The number of aliphatic hydroxyl groups is 1. The molecule has 1 N–H and O–H groups in total. The minimum absolute atomic E-state index is 0.0426. The molecule has 2 aromatic rings. The lowest BCUT2D eigenvalue weighted by molar-refractivity contribution is -0.151. The zero-order valence-electron chi connectivity index (χ0n) is 26.8. The largest absolute Gasteiger partial charge is 0.463 e. The van der Waals surface area contributed by atoms with Crippen LogP contribution in [0, 0.1) is 11.8 Å². The molecule has 2 saturated carbocycles. The second kappa shape index (κ2) is 18.4. The van der Waals surface area contributed by atoms with Crippen LogP contribution in [0.3, 0.4) is 0 Å². The van der Waals surface area contributed by atoms with Crippen LogP contribution in [-0.2, 0) is 41.4 Å². The van der Waals surface area contributed by atoms with Gasteiger partial charge in [0.05, 0.1) is 24.9 Å². The van der Waals surface area contributed by atoms with Crippen LogP contribution in [0.4, 0.5) is 0 Å². The molecule has 0 spiro atoms. The number of hydrogen-bond donors (Lipinski definition) is 1. The van der Waals surface area contributed by atoms with Gasteiger partial charge in [-0.1, -0.05) is 49.6 Å². The van der Waals surface area contributed by atoms with E-state index >= 15 is 0 Å². The summed E-state index contributed by atoms with van der Waals surface area (Å²) in [6.07, 6.45) is 12.3. The number of ether oxygens (including phenoxy) is 4. The van der Waals surface area contributed by atoms with Gasteiger partial charge < -0.3 is 24.1 Å². The molecule has 1 unspecified atom stereocenters. The Labute approximate surface area is 272 Å². The van der Waals surface area contributed by atoms with Crippen LogP contribution >= 0.6 is 0 Å². The maximum atomic E-state index is 12.8. The molecule has 248 valence electrons. The summed E-state index contributed by atoms with van der Waals surface area (Å²) < 4.78 is 21.9. The van der Waals surface area contributed by atoms with Gasteiger partial charge in [-0.25, -0.2) is 14.4 Å². The quantitative estimate of drug-likeness (QED) is 0.0694. The van der Waals surface area contributed by atoms with Crippen LogP contribution in [-0.4, -0.2) is 48.4 Å². The van der Waals surface area contributed by atoms with Gasteiger partial charge in [-0.15, -0.1) is 0 Å². The van der Waals surface area contributed by atoms with Crippen molar-refractivity contribution >= 4 is 17.9 Å². The van der Waals surface area contributed by atoms with E-state index in [0.29, 0.717) is 37.0 Å². The number of carbonyl (C=O) groups excluding carboxylic acids is 3. The van der Waals surface area contributed by atoms with Crippen LogP contribution in [0.1, 0.15) is 97.5 Å². The van der Waals surface area contributed by atoms with Gasteiger partial charge in [0, 0.05) is 17.7 Å². The maximum Gasteiger partial charge on any atom is 0.338 e. The van der Waals surface area contributed by atoms with E-state index in [9.17, 15) is 19.5 Å². The molecule has 0 amide bonds. The van der Waals surface area contributed by atoms with E-state index in [-0.39, 0.29) is 18.2 Å². The summed E-state index contributed by atoms with van der Waals surface area (Å²) in [5, 5.41) is 10.7. The number of esters is 3. The average molecular weight is 633 g/mol. The van der Waals surface area contributed by atoms with Crippen LogP contribution in [0.2, 0.25) is 0 Å². The van der Waals surface area contributed by atoms with Gasteiger partial charge in [-0.2, -0.15) is 0 Å². The number of rotatable bonds is 16. The number of carbonyl (C=O) groups is 3. The molecule has 1 atom stereocenters. The molecule has 8 nitrogen and oxygen atoms in total. The van der Waals surface area contributed by atoms with E-state index in [4.69, 9.17) is 18.9 Å². The lowest BCUT2D eigenvalue weighted by Crippen LogP contribution is -2.31. The van der Waals surface area contributed by atoms with Crippen molar-refractivity contribution in [2.24, 2.45) is 11.8 Å². The van der Waals surface area contributed by atoms with Crippen molar-refractivity contribution in [2.75, 3.05) is 13.2 Å².